The van der Waals surface area contributed by atoms with Gasteiger partial charge in [-0.05, 0) is 66.7 Å². The van der Waals surface area contributed by atoms with E-state index in [1.54, 1.807) is 13.8 Å². The molecule has 0 atom stereocenters. The molecule has 27 heavy (non-hydrogen) atoms. The standard InChI is InChI=1S/C15H12O.C9H20O2/c1-11-6-9-15-13(10-11)8-7-12-4-2-3-5-14(12)16-15;1-7(2)11-9(5,6)8(3,4)10/h2-10H,1H3;7,10H,1-6H3. The first-order valence-corrected chi connectivity index (χ1v) is 9.45. The highest BCUT2D eigenvalue weighted by atomic mass is 16.5. The van der Waals surface area contributed by atoms with Crippen molar-refractivity contribution in [3.05, 3.63) is 59.2 Å². The Morgan fingerprint density at radius 1 is 0.889 bits per heavy atom. The molecule has 3 rings (SSSR count). The smallest absolute Gasteiger partial charge is 0.134 e. The molecule has 1 heterocycles. The molecule has 0 unspecified atom stereocenters. The summed E-state index contributed by atoms with van der Waals surface area (Å²) in [5.74, 6) is 1.84. The van der Waals surface area contributed by atoms with Crippen molar-refractivity contribution in [2.75, 3.05) is 0 Å². The molecule has 1 aliphatic rings. The summed E-state index contributed by atoms with van der Waals surface area (Å²) in [5.41, 5.74) is 2.23. The molecule has 3 nitrogen and oxygen atoms in total. The number of rotatable bonds is 3. The van der Waals surface area contributed by atoms with Crippen molar-refractivity contribution in [3.8, 4) is 11.5 Å². The van der Waals surface area contributed by atoms with E-state index in [-0.39, 0.29) is 6.10 Å². The summed E-state index contributed by atoms with van der Waals surface area (Å²) in [7, 11) is 0. The Morgan fingerprint density at radius 3 is 2.07 bits per heavy atom. The molecule has 3 heteroatoms. The summed E-state index contributed by atoms with van der Waals surface area (Å²) in [6, 6.07) is 14.3. The molecular weight excluding hydrogens is 336 g/mol. The summed E-state index contributed by atoms with van der Waals surface area (Å²) in [6.07, 6.45) is 4.35. The Hall–Kier alpha value is -2.10. The van der Waals surface area contributed by atoms with Crippen molar-refractivity contribution < 1.29 is 14.6 Å². The Kier molecular flexibility index (Phi) is 6.50. The van der Waals surface area contributed by atoms with Crippen LogP contribution in [0.3, 0.4) is 0 Å². The lowest BCUT2D eigenvalue weighted by Crippen LogP contribution is -2.48. The Labute approximate surface area is 163 Å². The monoisotopic (exact) mass is 368 g/mol. The predicted molar refractivity (Wildman–Crippen MR) is 113 cm³/mol. The third kappa shape index (κ3) is 5.69. The number of fused-ring (bicyclic) bond motifs is 2. The van der Waals surface area contributed by atoms with Gasteiger partial charge in [-0.15, -0.1) is 0 Å². The zero-order chi connectivity index (χ0) is 20.2. The van der Waals surface area contributed by atoms with Gasteiger partial charge in [0.2, 0.25) is 0 Å². The highest BCUT2D eigenvalue weighted by Crippen LogP contribution is 2.34. The number of benzene rings is 2. The summed E-state index contributed by atoms with van der Waals surface area (Å²) in [5, 5.41) is 9.67. The van der Waals surface area contributed by atoms with E-state index in [0.29, 0.717) is 0 Å². The van der Waals surface area contributed by atoms with Gasteiger partial charge < -0.3 is 14.6 Å². The van der Waals surface area contributed by atoms with E-state index >= 15 is 0 Å². The van der Waals surface area contributed by atoms with Crippen molar-refractivity contribution in [1.29, 1.82) is 0 Å². The normalized spacial score (nSPS) is 13.1. The fourth-order valence-corrected chi connectivity index (χ4v) is 2.63. The third-order valence-corrected chi connectivity index (χ3v) is 4.75. The molecule has 0 saturated heterocycles. The molecule has 0 aliphatic carbocycles. The second-order valence-electron chi connectivity index (χ2n) is 8.25. The maximum atomic E-state index is 9.67. The van der Waals surface area contributed by atoms with Crippen LogP contribution in [0.2, 0.25) is 0 Å². The highest BCUT2D eigenvalue weighted by molar-refractivity contribution is 5.77. The van der Waals surface area contributed by atoms with Gasteiger partial charge >= 0.3 is 0 Å². The fourth-order valence-electron chi connectivity index (χ4n) is 2.63. The molecule has 0 saturated carbocycles. The summed E-state index contributed by atoms with van der Waals surface area (Å²) in [4.78, 5) is 0. The van der Waals surface area contributed by atoms with E-state index in [1.807, 2.05) is 52.0 Å². The molecule has 0 bridgehead atoms. The molecule has 0 fully saturated rings. The molecule has 2 aromatic carbocycles. The second kappa shape index (κ2) is 8.28. The van der Waals surface area contributed by atoms with Gasteiger partial charge in [0.25, 0.3) is 0 Å². The van der Waals surface area contributed by atoms with E-state index in [2.05, 4.69) is 37.3 Å². The van der Waals surface area contributed by atoms with Crippen molar-refractivity contribution in [2.45, 2.75) is 65.8 Å². The number of aryl methyl sites for hydroxylation is 1. The third-order valence-electron chi connectivity index (χ3n) is 4.75. The minimum atomic E-state index is -0.794. The number of para-hydroxylation sites is 1. The van der Waals surface area contributed by atoms with Gasteiger partial charge in [0.15, 0.2) is 0 Å². The van der Waals surface area contributed by atoms with Crippen LogP contribution in [-0.4, -0.2) is 22.4 Å². The Morgan fingerprint density at radius 2 is 1.48 bits per heavy atom. The largest absolute Gasteiger partial charge is 0.456 e. The molecule has 0 radical (unpaired) electrons. The van der Waals surface area contributed by atoms with Crippen LogP contribution in [0.1, 0.15) is 58.2 Å². The lowest BCUT2D eigenvalue weighted by Gasteiger charge is -2.38. The van der Waals surface area contributed by atoms with E-state index in [4.69, 9.17) is 9.47 Å². The lowest BCUT2D eigenvalue weighted by molar-refractivity contribution is -0.166. The maximum absolute atomic E-state index is 9.67. The highest BCUT2D eigenvalue weighted by Gasteiger charge is 2.36. The molecule has 1 aliphatic heterocycles. The van der Waals surface area contributed by atoms with Crippen LogP contribution in [-0.2, 0) is 4.74 Å². The predicted octanol–water partition coefficient (Wildman–Crippen LogP) is 6.23. The molecule has 0 amide bonds. The molecule has 146 valence electrons. The van der Waals surface area contributed by atoms with Gasteiger partial charge in [0, 0.05) is 11.1 Å². The fraction of sp³-hybridized carbons (Fsp3) is 0.417. The van der Waals surface area contributed by atoms with Crippen molar-refractivity contribution in [1.82, 2.24) is 0 Å². The van der Waals surface area contributed by atoms with Crippen molar-refractivity contribution in [3.63, 3.8) is 0 Å². The van der Waals surface area contributed by atoms with Gasteiger partial charge in [-0.2, -0.15) is 0 Å². The van der Waals surface area contributed by atoms with Crippen LogP contribution < -0.4 is 4.74 Å². The van der Waals surface area contributed by atoms with E-state index < -0.39 is 11.2 Å². The van der Waals surface area contributed by atoms with Crippen molar-refractivity contribution in [2.24, 2.45) is 0 Å². The first-order chi connectivity index (χ1) is 12.5. The quantitative estimate of drug-likeness (QED) is 0.595. The van der Waals surface area contributed by atoms with Gasteiger partial charge in [-0.3, -0.25) is 0 Å². The first kappa shape index (κ1) is 21.2. The molecule has 0 spiro atoms. The zero-order valence-corrected chi connectivity index (χ0v) is 17.5. The summed E-state index contributed by atoms with van der Waals surface area (Å²) >= 11 is 0. The van der Waals surface area contributed by atoms with Crippen LogP contribution in [0.15, 0.2) is 42.5 Å². The summed E-state index contributed by atoms with van der Waals surface area (Å²) in [6.45, 7) is 13.3. The minimum absolute atomic E-state index is 0.149. The van der Waals surface area contributed by atoms with Crippen LogP contribution >= 0.6 is 0 Å². The van der Waals surface area contributed by atoms with E-state index in [1.165, 1.54) is 5.56 Å². The van der Waals surface area contributed by atoms with Crippen LogP contribution in [0.5, 0.6) is 11.5 Å². The second-order valence-corrected chi connectivity index (χ2v) is 8.25. The SMILES string of the molecule is CC(C)OC(C)(C)C(C)(C)O.Cc1ccc2c(c1)C=Cc1ccccc1O2. The average molecular weight is 369 g/mol. The lowest BCUT2D eigenvalue weighted by atomic mass is 9.89. The zero-order valence-electron chi connectivity index (χ0n) is 17.5. The number of hydrogen-bond donors (Lipinski definition) is 1. The molecular formula is C24H32O3. The molecule has 2 aromatic rings. The van der Waals surface area contributed by atoms with Crippen LogP contribution in [0, 0.1) is 6.92 Å². The van der Waals surface area contributed by atoms with E-state index in [0.717, 1.165) is 22.6 Å². The number of hydrogen-bond acceptors (Lipinski definition) is 3. The number of aliphatic hydroxyl groups is 1. The van der Waals surface area contributed by atoms with Crippen LogP contribution in [0.4, 0.5) is 0 Å². The van der Waals surface area contributed by atoms with Gasteiger partial charge in [0.1, 0.15) is 11.5 Å². The van der Waals surface area contributed by atoms with Gasteiger partial charge in [-0.1, -0.05) is 42.0 Å². The van der Waals surface area contributed by atoms with E-state index in [9.17, 15) is 5.11 Å². The maximum Gasteiger partial charge on any atom is 0.134 e. The Balaban J connectivity index is 0.000000211. The summed E-state index contributed by atoms with van der Waals surface area (Å²) < 4.78 is 11.4. The molecule has 0 aromatic heterocycles. The average Bonchev–Trinajstić information content (AvgIpc) is 2.72. The number of ether oxygens (including phenoxy) is 2. The van der Waals surface area contributed by atoms with Crippen molar-refractivity contribution >= 4 is 12.2 Å². The minimum Gasteiger partial charge on any atom is -0.456 e. The van der Waals surface area contributed by atoms with Gasteiger partial charge in [0.05, 0.1) is 17.3 Å². The topological polar surface area (TPSA) is 38.7 Å². The Bertz CT molecular complexity index is 796. The van der Waals surface area contributed by atoms with Crippen LogP contribution in [0.25, 0.3) is 12.2 Å². The van der Waals surface area contributed by atoms with Gasteiger partial charge in [-0.25, -0.2) is 0 Å². The molecule has 1 N–H and O–H groups in total. The first-order valence-electron chi connectivity index (χ1n) is 9.45.